The van der Waals surface area contributed by atoms with Crippen LogP contribution in [0.1, 0.15) is 0 Å². The largest absolute Gasteiger partial charge is 3.00 e. The van der Waals surface area contributed by atoms with Crippen LogP contribution in [0.3, 0.4) is 0 Å². The predicted octanol–water partition coefficient (Wildman–Crippen LogP) is 17.2. The minimum absolute atomic E-state index is 0. The summed E-state index contributed by atoms with van der Waals surface area (Å²) in [5.41, 5.74) is 19.3. The van der Waals surface area contributed by atoms with Crippen LogP contribution in [-0.2, 0) is 20.1 Å². The van der Waals surface area contributed by atoms with Gasteiger partial charge in [-0.1, -0.05) is 161 Å². The van der Waals surface area contributed by atoms with Gasteiger partial charge in [-0.3, -0.25) is 4.98 Å². The first-order chi connectivity index (χ1) is 37.2. The summed E-state index contributed by atoms with van der Waals surface area (Å²) < 4.78 is 6.96. The van der Waals surface area contributed by atoms with Gasteiger partial charge in [0.05, 0.1) is 11.3 Å². The second-order valence-electron chi connectivity index (χ2n) is 18.2. The molecule has 7 heteroatoms. The van der Waals surface area contributed by atoms with Crippen molar-refractivity contribution in [3.05, 3.63) is 274 Å². The van der Waals surface area contributed by atoms with Crippen LogP contribution < -0.4 is 4.74 Å². The van der Waals surface area contributed by atoms with Crippen LogP contribution in [0.4, 0.5) is 0 Å². The third-order valence-electron chi connectivity index (χ3n) is 13.5. The molecule has 0 aliphatic rings. The Morgan fingerprint density at radius 2 is 0.737 bits per heavy atom. The van der Waals surface area contributed by atoms with Gasteiger partial charge in [-0.15, -0.1) is 77.4 Å². The van der Waals surface area contributed by atoms with Gasteiger partial charge in [0.1, 0.15) is 5.52 Å². The summed E-state index contributed by atoms with van der Waals surface area (Å²) in [6, 6.07) is 89.8. The molecule has 0 radical (unpaired) electrons. The first-order valence-corrected chi connectivity index (χ1v) is 24.8. The van der Waals surface area contributed by atoms with Crippen molar-refractivity contribution < 1.29 is 24.8 Å². The average molecular weight is 1150 g/mol. The summed E-state index contributed by atoms with van der Waals surface area (Å²) in [4.78, 5) is 23.7. The molecule has 0 amide bonds. The third kappa shape index (κ3) is 9.49. The van der Waals surface area contributed by atoms with Crippen LogP contribution in [-0.4, -0.2) is 24.9 Å². The van der Waals surface area contributed by atoms with E-state index in [4.69, 9.17) is 19.7 Å². The molecule has 8 aromatic carbocycles. The first-order valence-electron chi connectivity index (χ1n) is 24.8. The van der Waals surface area contributed by atoms with Gasteiger partial charge in [0.15, 0.2) is 0 Å². The molecule has 5 aromatic heterocycles. The number of hydrogen-bond acceptors (Lipinski definition) is 6. The fourth-order valence-electron chi connectivity index (χ4n) is 9.90. The molecule has 0 spiro atoms. The number of ether oxygens (including phenoxy) is 1. The fourth-order valence-corrected chi connectivity index (χ4v) is 9.90. The Morgan fingerprint density at radius 1 is 0.303 bits per heavy atom. The predicted molar refractivity (Wildman–Crippen MR) is 302 cm³/mol. The van der Waals surface area contributed by atoms with Crippen LogP contribution >= 0.6 is 0 Å². The molecule has 13 rings (SSSR count). The molecule has 0 aliphatic heterocycles. The molecule has 13 aromatic rings. The van der Waals surface area contributed by atoms with E-state index in [1.54, 1.807) is 12.4 Å². The quantitative estimate of drug-likeness (QED) is 0.0949. The third-order valence-corrected chi connectivity index (χ3v) is 13.5. The second-order valence-corrected chi connectivity index (χ2v) is 18.2. The number of pyridine rings is 5. The van der Waals surface area contributed by atoms with Crippen molar-refractivity contribution in [1.82, 2.24) is 24.9 Å². The Balaban J connectivity index is 0.00000582. The van der Waals surface area contributed by atoms with Crippen molar-refractivity contribution >= 4 is 21.8 Å². The minimum atomic E-state index is 0. The maximum atomic E-state index is 6.96. The summed E-state index contributed by atoms with van der Waals surface area (Å²) in [6.45, 7) is 0. The minimum Gasteiger partial charge on any atom is -0.458 e. The van der Waals surface area contributed by atoms with Gasteiger partial charge in [0, 0.05) is 41.6 Å². The van der Waals surface area contributed by atoms with Gasteiger partial charge in [-0.05, 0) is 105 Å². The normalized spacial score (nSPS) is 11.1. The molecule has 0 aliphatic carbocycles. The van der Waals surface area contributed by atoms with E-state index in [2.05, 4.69) is 174 Å². The maximum absolute atomic E-state index is 6.96. The molecule has 6 nitrogen and oxygen atoms in total. The molecule has 0 unspecified atom stereocenters. The van der Waals surface area contributed by atoms with Crippen LogP contribution in [0.5, 0.6) is 11.6 Å². The van der Waals surface area contributed by atoms with Crippen molar-refractivity contribution in [2.75, 3.05) is 0 Å². The Morgan fingerprint density at radius 3 is 1.24 bits per heavy atom. The second kappa shape index (κ2) is 21.1. The number of hydrogen-bond donors (Lipinski definition) is 0. The van der Waals surface area contributed by atoms with Gasteiger partial charge < -0.3 is 19.7 Å². The van der Waals surface area contributed by atoms with Gasteiger partial charge in [-0.2, -0.15) is 0 Å². The van der Waals surface area contributed by atoms with Crippen LogP contribution in [0.2, 0.25) is 0 Å². The van der Waals surface area contributed by atoms with Crippen molar-refractivity contribution in [3.8, 4) is 112 Å². The molecule has 0 N–H and O–H groups in total. The Labute approximate surface area is 454 Å². The van der Waals surface area contributed by atoms with Crippen molar-refractivity contribution in [3.63, 3.8) is 0 Å². The Bertz CT molecular complexity index is 4050. The summed E-state index contributed by atoms with van der Waals surface area (Å²) >= 11 is 0. The fraction of sp³-hybridized carbons (Fsp3) is 0. The van der Waals surface area contributed by atoms with E-state index < -0.39 is 0 Å². The van der Waals surface area contributed by atoms with Crippen LogP contribution in [0.15, 0.2) is 255 Å². The van der Waals surface area contributed by atoms with Crippen molar-refractivity contribution in [2.45, 2.75) is 0 Å². The first kappa shape index (κ1) is 47.5. The van der Waals surface area contributed by atoms with Crippen molar-refractivity contribution in [1.29, 1.82) is 0 Å². The van der Waals surface area contributed by atoms with Gasteiger partial charge in [-0.25, -0.2) is 4.98 Å². The molecule has 0 fully saturated rings. The van der Waals surface area contributed by atoms with E-state index in [9.17, 15) is 0 Å². The SMILES string of the molecule is [Ir+3].[c-]1cc(-c2ccccc2-c2cc(-c3ccccc3-c3c[c-]c(-c4ccccn4)cc3)cc(-c3ccccc3-c3c[c-]c(-c4ccccn4)cc3Oc3ccc4ccc5cccnc5c4n3)c2)ccc1-c1ccccn1. The monoisotopic (exact) mass is 1150 g/mol. The van der Waals surface area contributed by atoms with Crippen LogP contribution in [0, 0.1) is 18.2 Å². The van der Waals surface area contributed by atoms with Gasteiger partial charge in [0.25, 0.3) is 0 Å². The smallest absolute Gasteiger partial charge is 0.458 e. The molecule has 76 heavy (non-hydrogen) atoms. The number of aromatic nitrogens is 5. The molecule has 0 atom stereocenters. The Hall–Kier alpha value is -9.52. The number of nitrogens with zero attached hydrogens (tertiary/aromatic N) is 5. The van der Waals surface area contributed by atoms with Crippen LogP contribution in [0.25, 0.3) is 122 Å². The summed E-state index contributed by atoms with van der Waals surface area (Å²) in [5, 5.41) is 1.99. The zero-order valence-electron chi connectivity index (χ0n) is 40.7. The zero-order chi connectivity index (χ0) is 49.9. The molecular formula is C69H42IrN5O. The molecule has 0 bridgehead atoms. The van der Waals surface area contributed by atoms with E-state index in [1.165, 1.54) is 0 Å². The van der Waals surface area contributed by atoms with Crippen molar-refractivity contribution in [2.24, 2.45) is 0 Å². The summed E-state index contributed by atoms with van der Waals surface area (Å²) in [5.74, 6) is 1.07. The number of rotatable bonds is 11. The van der Waals surface area contributed by atoms with E-state index in [0.29, 0.717) is 11.6 Å². The molecule has 5 heterocycles. The molecular weight excluding hydrogens is 1110 g/mol. The van der Waals surface area contributed by atoms with E-state index in [0.717, 1.165) is 122 Å². The molecule has 358 valence electrons. The summed E-state index contributed by atoms with van der Waals surface area (Å²) in [6.07, 6.45) is 7.22. The van der Waals surface area contributed by atoms with Gasteiger partial charge in [0.2, 0.25) is 5.88 Å². The van der Waals surface area contributed by atoms with E-state index >= 15 is 0 Å². The topological polar surface area (TPSA) is 73.7 Å². The molecule has 0 saturated carbocycles. The standard InChI is InChI=1S/C69H42N5O.Ir/c1-3-17-58(56(15-1)46-24-28-48(29-25-46)63-21-7-10-38-70-63)53-42-54(59-18-4-2-16-57(59)47-26-30-49(31-27-47)64-22-8-11-39-71-64)44-55(43-53)60-19-5-6-20-61(60)62-36-34-52(65-23-9-12-40-72-65)45-66(62)75-67-37-35-51-33-32-50-14-13-41-73-68(50)69(51)74-67;/h1-28,30,32-33,35-45H;/q-3;+3. The summed E-state index contributed by atoms with van der Waals surface area (Å²) in [7, 11) is 0. The number of fused-ring (bicyclic) bond motifs is 3. The maximum Gasteiger partial charge on any atom is 3.00 e. The van der Waals surface area contributed by atoms with E-state index in [-0.39, 0.29) is 20.1 Å². The average Bonchev–Trinajstić information content (AvgIpc) is 3.52. The van der Waals surface area contributed by atoms with E-state index in [1.807, 2.05) is 97.3 Å². The Kier molecular flexibility index (Phi) is 13.2. The zero-order valence-corrected chi connectivity index (χ0v) is 43.1. The molecule has 0 saturated heterocycles. The van der Waals surface area contributed by atoms with Gasteiger partial charge >= 0.3 is 20.1 Å². The number of benzene rings is 8.